The molecule has 4 rings (SSSR count). The first-order valence-corrected chi connectivity index (χ1v) is 10.3. The highest BCUT2D eigenvalue weighted by Gasteiger charge is 2.38. The summed E-state index contributed by atoms with van der Waals surface area (Å²) in [5.74, 6) is 0.516. The van der Waals surface area contributed by atoms with Crippen molar-refractivity contribution in [1.29, 1.82) is 0 Å². The number of sulfonamides is 1. The van der Waals surface area contributed by atoms with Gasteiger partial charge in [0.05, 0.1) is 4.90 Å². The van der Waals surface area contributed by atoms with E-state index in [2.05, 4.69) is 10.0 Å². The molecule has 0 bridgehead atoms. The Morgan fingerprint density at radius 2 is 1.59 bits per heavy atom. The van der Waals surface area contributed by atoms with Gasteiger partial charge in [-0.05, 0) is 60.4 Å². The fourth-order valence-corrected chi connectivity index (χ4v) is 4.77. The predicted molar refractivity (Wildman–Crippen MR) is 99.4 cm³/mol. The number of likely N-dealkylation sites (tertiary alicyclic amines) is 1. The topological polar surface area (TPSA) is 78.5 Å². The first-order chi connectivity index (χ1) is 12.9. The largest absolute Gasteiger partial charge is 0.338 e. The van der Waals surface area contributed by atoms with Gasteiger partial charge < -0.3 is 10.2 Å². The van der Waals surface area contributed by atoms with Crippen LogP contribution in [-0.4, -0.2) is 45.4 Å². The number of fused-ring (bicyclic) bond motifs is 1. The maximum absolute atomic E-state index is 13.0. The molecule has 2 aliphatic rings. The summed E-state index contributed by atoms with van der Waals surface area (Å²) in [5.41, 5.74) is 0.881. The van der Waals surface area contributed by atoms with Gasteiger partial charge in [-0.3, -0.25) is 9.52 Å². The summed E-state index contributed by atoms with van der Waals surface area (Å²) in [6.45, 7) is 3.43. The van der Waals surface area contributed by atoms with Crippen molar-refractivity contribution in [1.82, 2.24) is 10.2 Å². The van der Waals surface area contributed by atoms with E-state index in [-0.39, 0.29) is 10.8 Å². The van der Waals surface area contributed by atoms with Crippen molar-refractivity contribution in [2.45, 2.75) is 4.90 Å². The first kappa shape index (κ1) is 17.9. The third-order valence-electron chi connectivity index (χ3n) is 5.18. The second-order valence-corrected chi connectivity index (χ2v) is 8.71. The molecule has 2 N–H and O–H groups in total. The van der Waals surface area contributed by atoms with Crippen molar-refractivity contribution in [3.63, 3.8) is 0 Å². The Morgan fingerprint density at radius 1 is 1.00 bits per heavy atom. The molecular formula is C19H20FN3O3S. The summed E-state index contributed by atoms with van der Waals surface area (Å²) in [5, 5.41) is 3.35. The van der Waals surface area contributed by atoms with E-state index >= 15 is 0 Å². The maximum atomic E-state index is 13.0. The van der Waals surface area contributed by atoms with Gasteiger partial charge in [-0.1, -0.05) is 0 Å². The summed E-state index contributed by atoms with van der Waals surface area (Å²) in [6, 6.07) is 11.0. The number of carbonyl (C=O) groups is 1. The first-order valence-electron chi connectivity index (χ1n) is 8.81. The molecule has 6 nitrogen and oxygen atoms in total. The Bertz CT molecular complexity index is 933. The second-order valence-electron chi connectivity index (χ2n) is 7.03. The number of amides is 1. The van der Waals surface area contributed by atoms with Crippen molar-refractivity contribution in [2.24, 2.45) is 11.8 Å². The van der Waals surface area contributed by atoms with Crippen LogP contribution in [0.25, 0.3) is 0 Å². The lowest BCUT2D eigenvalue weighted by Gasteiger charge is -2.18. The Kier molecular flexibility index (Phi) is 4.61. The lowest BCUT2D eigenvalue weighted by atomic mass is 10.0. The Balaban J connectivity index is 1.44. The number of hydrogen-bond acceptors (Lipinski definition) is 4. The smallest absolute Gasteiger partial charge is 0.261 e. The Morgan fingerprint density at radius 3 is 2.19 bits per heavy atom. The number of carbonyl (C=O) groups excluding carboxylic acids is 1. The van der Waals surface area contributed by atoms with Gasteiger partial charge in [-0.15, -0.1) is 0 Å². The molecule has 2 saturated heterocycles. The van der Waals surface area contributed by atoms with E-state index < -0.39 is 15.8 Å². The molecule has 2 aromatic rings. The van der Waals surface area contributed by atoms with E-state index in [0.29, 0.717) is 23.1 Å². The highest BCUT2D eigenvalue weighted by molar-refractivity contribution is 7.92. The number of nitrogens with zero attached hydrogens (tertiary/aromatic N) is 1. The van der Waals surface area contributed by atoms with E-state index in [4.69, 9.17) is 0 Å². The molecule has 0 aromatic heterocycles. The minimum atomic E-state index is -3.81. The zero-order chi connectivity index (χ0) is 19.0. The van der Waals surface area contributed by atoms with Gasteiger partial charge in [0, 0.05) is 37.4 Å². The van der Waals surface area contributed by atoms with Crippen LogP contribution in [0.2, 0.25) is 0 Å². The number of nitrogens with one attached hydrogen (secondary N) is 2. The summed E-state index contributed by atoms with van der Waals surface area (Å²) >= 11 is 0. The molecule has 27 heavy (non-hydrogen) atoms. The monoisotopic (exact) mass is 389 g/mol. The highest BCUT2D eigenvalue weighted by atomic mass is 32.2. The molecule has 0 aliphatic carbocycles. The van der Waals surface area contributed by atoms with Gasteiger partial charge in [0.25, 0.3) is 15.9 Å². The molecule has 2 aliphatic heterocycles. The third kappa shape index (κ3) is 3.68. The van der Waals surface area contributed by atoms with E-state index in [9.17, 15) is 17.6 Å². The number of halogens is 1. The molecule has 2 atom stereocenters. The highest BCUT2D eigenvalue weighted by Crippen LogP contribution is 2.27. The molecule has 0 spiro atoms. The fourth-order valence-electron chi connectivity index (χ4n) is 3.71. The van der Waals surface area contributed by atoms with Crippen LogP contribution in [0.3, 0.4) is 0 Å². The standard InChI is InChI=1S/C19H20FN3O3S/c20-16-3-7-18(8-4-16)27(25,26)22-17-5-1-13(2-6-17)19(24)23-11-14-9-21-10-15(14)12-23/h1-8,14-15,21-22H,9-12H2/t14-,15+. The minimum absolute atomic E-state index is 0.0266. The number of hydrogen-bond donors (Lipinski definition) is 2. The number of anilines is 1. The quantitative estimate of drug-likeness (QED) is 0.838. The normalized spacial score (nSPS) is 21.9. The zero-order valence-corrected chi connectivity index (χ0v) is 15.4. The summed E-state index contributed by atoms with van der Waals surface area (Å²) < 4.78 is 40.1. The summed E-state index contributed by atoms with van der Waals surface area (Å²) in [6.07, 6.45) is 0. The molecule has 0 saturated carbocycles. The minimum Gasteiger partial charge on any atom is -0.338 e. The van der Waals surface area contributed by atoms with E-state index in [1.807, 2.05) is 4.90 Å². The van der Waals surface area contributed by atoms with Crippen molar-refractivity contribution in [3.05, 3.63) is 59.9 Å². The lowest BCUT2D eigenvalue weighted by molar-refractivity contribution is 0.0781. The fraction of sp³-hybridized carbons (Fsp3) is 0.316. The molecule has 2 aromatic carbocycles. The molecule has 142 valence electrons. The summed E-state index contributed by atoms with van der Waals surface area (Å²) in [7, 11) is -3.81. The molecular weight excluding hydrogens is 369 g/mol. The van der Waals surface area contributed by atoms with Crippen LogP contribution < -0.4 is 10.0 Å². The van der Waals surface area contributed by atoms with Crippen molar-refractivity contribution in [3.8, 4) is 0 Å². The van der Waals surface area contributed by atoms with Crippen molar-refractivity contribution < 1.29 is 17.6 Å². The molecule has 0 unspecified atom stereocenters. The number of rotatable bonds is 4. The molecule has 0 radical (unpaired) electrons. The van der Waals surface area contributed by atoms with Crippen LogP contribution in [-0.2, 0) is 10.0 Å². The Labute approximate surface area is 157 Å². The lowest BCUT2D eigenvalue weighted by Crippen LogP contribution is -2.31. The second kappa shape index (κ2) is 6.94. The van der Waals surface area contributed by atoms with Gasteiger partial charge in [-0.2, -0.15) is 0 Å². The third-order valence-corrected chi connectivity index (χ3v) is 6.58. The van der Waals surface area contributed by atoms with Crippen LogP contribution in [0.1, 0.15) is 10.4 Å². The average molecular weight is 389 g/mol. The van der Waals surface area contributed by atoms with Gasteiger partial charge >= 0.3 is 0 Å². The van der Waals surface area contributed by atoms with Crippen LogP contribution >= 0.6 is 0 Å². The predicted octanol–water partition coefficient (Wildman–Crippen LogP) is 1.92. The van der Waals surface area contributed by atoms with E-state index in [1.54, 1.807) is 24.3 Å². The molecule has 1 amide bonds. The van der Waals surface area contributed by atoms with Crippen molar-refractivity contribution >= 4 is 21.6 Å². The van der Waals surface area contributed by atoms with Crippen LogP contribution in [0, 0.1) is 17.7 Å². The number of benzene rings is 2. The van der Waals surface area contributed by atoms with Gasteiger partial charge in [-0.25, -0.2) is 12.8 Å². The van der Waals surface area contributed by atoms with Crippen LogP contribution in [0.4, 0.5) is 10.1 Å². The molecule has 2 fully saturated rings. The molecule has 2 heterocycles. The SMILES string of the molecule is O=C(c1ccc(NS(=O)(=O)c2ccc(F)cc2)cc1)N1C[C@H]2CNC[C@H]2C1. The van der Waals surface area contributed by atoms with Gasteiger partial charge in [0.15, 0.2) is 0 Å². The summed E-state index contributed by atoms with van der Waals surface area (Å²) in [4.78, 5) is 14.5. The van der Waals surface area contributed by atoms with E-state index in [0.717, 1.165) is 38.3 Å². The van der Waals surface area contributed by atoms with Crippen LogP contribution in [0.5, 0.6) is 0 Å². The van der Waals surface area contributed by atoms with Gasteiger partial charge in [0.2, 0.25) is 0 Å². The van der Waals surface area contributed by atoms with E-state index in [1.165, 1.54) is 12.1 Å². The zero-order valence-electron chi connectivity index (χ0n) is 14.6. The van der Waals surface area contributed by atoms with Crippen molar-refractivity contribution in [2.75, 3.05) is 30.9 Å². The van der Waals surface area contributed by atoms with Gasteiger partial charge in [0.1, 0.15) is 5.82 Å². The molecule has 8 heteroatoms. The average Bonchev–Trinajstić information content (AvgIpc) is 3.24. The maximum Gasteiger partial charge on any atom is 0.261 e. The Hall–Kier alpha value is -2.45. The van der Waals surface area contributed by atoms with Crippen LogP contribution in [0.15, 0.2) is 53.4 Å².